The SMILES string of the molecule is Cn1cc(Nc2ncc(C(=O)NCCc3ccccc3)c(Nc3cccc(N)c3)n2)cn1. The molecule has 9 heteroatoms. The van der Waals surface area contributed by atoms with Gasteiger partial charge in [-0.05, 0) is 30.2 Å². The van der Waals surface area contributed by atoms with Gasteiger partial charge in [-0.1, -0.05) is 36.4 Å². The number of nitrogens with one attached hydrogen (secondary N) is 3. The third-order valence-electron chi connectivity index (χ3n) is 4.69. The summed E-state index contributed by atoms with van der Waals surface area (Å²) in [7, 11) is 1.82. The second-order valence-corrected chi connectivity index (χ2v) is 7.23. The molecule has 0 saturated heterocycles. The zero-order valence-electron chi connectivity index (χ0n) is 17.6. The first-order valence-electron chi connectivity index (χ1n) is 10.1. The molecule has 0 bridgehead atoms. The topological polar surface area (TPSA) is 123 Å². The Morgan fingerprint density at radius 2 is 1.88 bits per heavy atom. The Morgan fingerprint density at radius 3 is 2.62 bits per heavy atom. The van der Waals surface area contributed by atoms with Crippen molar-refractivity contribution in [3.63, 3.8) is 0 Å². The summed E-state index contributed by atoms with van der Waals surface area (Å²) in [5.74, 6) is 0.444. The van der Waals surface area contributed by atoms with Gasteiger partial charge in [-0.3, -0.25) is 9.48 Å². The van der Waals surface area contributed by atoms with Crippen LogP contribution >= 0.6 is 0 Å². The molecule has 0 fully saturated rings. The molecule has 5 N–H and O–H groups in total. The van der Waals surface area contributed by atoms with Crippen LogP contribution in [0.3, 0.4) is 0 Å². The summed E-state index contributed by atoms with van der Waals surface area (Å²) < 4.78 is 1.67. The summed E-state index contributed by atoms with van der Waals surface area (Å²) in [6.45, 7) is 0.496. The number of nitrogens with two attached hydrogens (primary N) is 1. The van der Waals surface area contributed by atoms with Crippen LogP contribution in [0.2, 0.25) is 0 Å². The molecule has 0 atom stereocenters. The molecule has 0 aliphatic carbocycles. The van der Waals surface area contributed by atoms with Crippen LogP contribution in [0.4, 0.5) is 28.8 Å². The molecule has 2 aromatic heterocycles. The molecule has 0 unspecified atom stereocenters. The Labute approximate surface area is 185 Å². The van der Waals surface area contributed by atoms with Gasteiger partial charge in [0.15, 0.2) is 0 Å². The predicted octanol–water partition coefficient (Wildman–Crippen LogP) is 3.25. The number of benzene rings is 2. The van der Waals surface area contributed by atoms with Gasteiger partial charge < -0.3 is 21.7 Å². The number of amides is 1. The Bertz CT molecular complexity index is 1210. The van der Waals surface area contributed by atoms with E-state index in [-0.39, 0.29) is 5.91 Å². The summed E-state index contributed by atoms with van der Waals surface area (Å²) >= 11 is 0. The van der Waals surface area contributed by atoms with Gasteiger partial charge in [0.1, 0.15) is 11.4 Å². The molecule has 32 heavy (non-hydrogen) atoms. The maximum atomic E-state index is 12.9. The average molecular weight is 429 g/mol. The highest BCUT2D eigenvalue weighted by Crippen LogP contribution is 2.22. The molecule has 1 amide bonds. The van der Waals surface area contributed by atoms with Crippen molar-refractivity contribution in [3.8, 4) is 0 Å². The number of hydrogen-bond donors (Lipinski definition) is 4. The lowest BCUT2D eigenvalue weighted by Crippen LogP contribution is -2.27. The first-order valence-corrected chi connectivity index (χ1v) is 10.1. The van der Waals surface area contributed by atoms with E-state index in [9.17, 15) is 4.79 Å². The molecule has 4 aromatic rings. The fourth-order valence-corrected chi connectivity index (χ4v) is 3.13. The molecule has 0 radical (unpaired) electrons. The lowest BCUT2D eigenvalue weighted by molar-refractivity contribution is 0.0954. The first kappa shape index (κ1) is 20.9. The fraction of sp³-hybridized carbons (Fsp3) is 0.130. The number of aromatic nitrogens is 4. The highest BCUT2D eigenvalue weighted by Gasteiger charge is 2.16. The normalized spacial score (nSPS) is 10.5. The maximum Gasteiger partial charge on any atom is 0.256 e. The molecular weight excluding hydrogens is 404 g/mol. The summed E-state index contributed by atoms with van der Waals surface area (Å²) in [5, 5.41) is 13.3. The van der Waals surface area contributed by atoms with Gasteiger partial charge >= 0.3 is 0 Å². The van der Waals surface area contributed by atoms with Crippen LogP contribution in [0.1, 0.15) is 15.9 Å². The fourth-order valence-electron chi connectivity index (χ4n) is 3.13. The number of aryl methyl sites for hydroxylation is 1. The standard InChI is InChI=1S/C23H24N8O/c1-31-15-19(13-27-31)29-23-26-14-20(21(30-23)28-18-9-5-8-17(24)12-18)22(32)25-11-10-16-6-3-2-4-7-16/h2-9,12-15H,10-11,24H2,1H3,(H,25,32)(H2,26,28,29,30). The third kappa shape index (κ3) is 5.39. The van der Waals surface area contributed by atoms with Crippen molar-refractivity contribution >= 4 is 34.7 Å². The van der Waals surface area contributed by atoms with Crippen LogP contribution in [0.5, 0.6) is 0 Å². The number of hydrogen-bond acceptors (Lipinski definition) is 7. The second-order valence-electron chi connectivity index (χ2n) is 7.23. The van der Waals surface area contributed by atoms with Gasteiger partial charge in [-0.25, -0.2) is 4.98 Å². The largest absolute Gasteiger partial charge is 0.399 e. The molecule has 2 aromatic carbocycles. The Hall–Kier alpha value is -4.40. The van der Waals surface area contributed by atoms with E-state index in [4.69, 9.17) is 5.73 Å². The number of nitrogens with zero attached hydrogens (tertiary/aromatic N) is 4. The van der Waals surface area contributed by atoms with Crippen LogP contribution in [-0.2, 0) is 13.5 Å². The van der Waals surface area contributed by atoms with Crippen LogP contribution in [-0.4, -0.2) is 32.2 Å². The molecule has 0 aliphatic rings. The minimum Gasteiger partial charge on any atom is -0.399 e. The number of carbonyl (C=O) groups excluding carboxylic acids is 1. The Kier molecular flexibility index (Phi) is 6.26. The van der Waals surface area contributed by atoms with E-state index >= 15 is 0 Å². The third-order valence-corrected chi connectivity index (χ3v) is 4.69. The van der Waals surface area contributed by atoms with Gasteiger partial charge in [-0.15, -0.1) is 0 Å². The van der Waals surface area contributed by atoms with E-state index in [1.165, 1.54) is 6.20 Å². The van der Waals surface area contributed by atoms with E-state index in [0.29, 0.717) is 29.6 Å². The van der Waals surface area contributed by atoms with Crippen LogP contribution in [0.15, 0.2) is 73.2 Å². The molecule has 0 aliphatic heterocycles. The highest BCUT2D eigenvalue weighted by atomic mass is 16.1. The second kappa shape index (κ2) is 9.61. The maximum absolute atomic E-state index is 12.9. The molecule has 162 valence electrons. The lowest BCUT2D eigenvalue weighted by atomic mass is 10.1. The molecule has 0 spiro atoms. The van der Waals surface area contributed by atoms with Gasteiger partial charge in [0.25, 0.3) is 5.91 Å². The van der Waals surface area contributed by atoms with Gasteiger partial charge in [-0.2, -0.15) is 10.1 Å². The van der Waals surface area contributed by atoms with Crippen molar-refractivity contribution in [2.45, 2.75) is 6.42 Å². The average Bonchev–Trinajstić information content (AvgIpc) is 3.19. The monoisotopic (exact) mass is 428 g/mol. The minimum atomic E-state index is -0.264. The highest BCUT2D eigenvalue weighted by molar-refractivity contribution is 5.99. The quantitative estimate of drug-likeness (QED) is 0.318. The van der Waals surface area contributed by atoms with Gasteiger partial charge in [0.2, 0.25) is 5.95 Å². The molecular formula is C23H24N8O. The van der Waals surface area contributed by atoms with E-state index in [1.54, 1.807) is 29.2 Å². The van der Waals surface area contributed by atoms with Gasteiger partial charge in [0.05, 0.1) is 11.9 Å². The van der Waals surface area contributed by atoms with Crippen molar-refractivity contribution < 1.29 is 4.79 Å². The number of rotatable bonds is 8. The summed E-state index contributed by atoms with van der Waals surface area (Å²) in [6.07, 6.45) is 5.70. The first-order chi connectivity index (χ1) is 15.6. The summed E-state index contributed by atoms with van der Waals surface area (Å²) in [6, 6.07) is 17.2. The molecule has 4 rings (SSSR count). The van der Waals surface area contributed by atoms with Crippen LogP contribution < -0.4 is 21.7 Å². The summed E-state index contributed by atoms with van der Waals surface area (Å²) in [4.78, 5) is 21.7. The number of anilines is 5. The van der Waals surface area contributed by atoms with Crippen molar-refractivity contribution in [3.05, 3.63) is 84.3 Å². The van der Waals surface area contributed by atoms with E-state index in [0.717, 1.165) is 23.4 Å². The summed E-state index contributed by atoms with van der Waals surface area (Å²) in [5.41, 5.74) is 9.43. The minimum absolute atomic E-state index is 0.264. The van der Waals surface area contributed by atoms with E-state index < -0.39 is 0 Å². The Morgan fingerprint density at radius 1 is 1.03 bits per heavy atom. The van der Waals surface area contributed by atoms with Crippen molar-refractivity contribution in [1.82, 2.24) is 25.1 Å². The predicted molar refractivity (Wildman–Crippen MR) is 125 cm³/mol. The number of carbonyl (C=O) groups is 1. The van der Waals surface area contributed by atoms with Crippen LogP contribution in [0, 0.1) is 0 Å². The molecule has 2 heterocycles. The van der Waals surface area contributed by atoms with Crippen molar-refractivity contribution in [2.75, 3.05) is 22.9 Å². The van der Waals surface area contributed by atoms with E-state index in [2.05, 4.69) is 31.0 Å². The van der Waals surface area contributed by atoms with Gasteiger partial charge in [0, 0.05) is 37.4 Å². The van der Waals surface area contributed by atoms with Crippen molar-refractivity contribution in [1.29, 1.82) is 0 Å². The zero-order valence-corrected chi connectivity index (χ0v) is 17.6. The lowest BCUT2D eigenvalue weighted by Gasteiger charge is -2.13. The van der Waals surface area contributed by atoms with E-state index in [1.807, 2.05) is 49.5 Å². The Balaban J connectivity index is 1.54. The molecule has 9 nitrogen and oxygen atoms in total. The smallest absolute Gasteiger partial charge is 0.256 e. The molecule has 0 saturated carbocycles. The van der Waals surface area contributed by atoms with Crippen LogP contribution in [0.25, 0.3) is 0 Å². The van der Waals surface area contributed by atoms with Crippen molar-refractivity contribution in [2.24, 2.45) is 7.05 Å². The zero-order chi connectivity index (χ0) is 22.3. The number of nitrogen functional groups attached to an aromatic ring is 1.